The maximum Gasteiger partial charge on any atom is 0.148 e. The summed E-state index contributed by atoms with van der Waals surface area (Å²) in [4.78, 5) is 0. The zero-order valence-corrected chi connectivity index (χ0v) is 11.7. The Bertz CT molecular complexity index is 459. The number of hydrogen-bond acceptors (Lipinski definition) is 3. The summed E-state index contributed by atoms with van der Waals surface area (Å²) in [7, 11) is -2.91. The molecule has 0 heterocycles. The highest BCUT2D eigenvalue weighted by Gasteiger charge is 2.10. The fraction of sp³-hybridized carbons (Fsp3) is 0.500. The van der Waals surface area contributed by atoms with Crippen molar-refractivity contribution in [2.45, 2.75) is 19.4 Å². The van der Waals surface area contributed by atoms with Gasteiger partial charge in [0.25, 0.3) is 0 Å². The van der Waals surface area contributed by atoms with Gasteiger partial charge in [0.2, 0.25) is 0 Å². The molecule has 1 N–H and O–H groups in total. The second-order valence-electron chi connectivity index (χ2n) is 4.10. The molecule has 0 saturated carbocycles. The molecule has 0 fully saturated rings. The van der Waals surface area contributed by atoms with E-state index in [1.165, 1.54) is 6.26 Å². The van der Waals surface area contributed by atoms with Crippen molar-refractivity contribution in [2.75, 3.05) is 18.6 Å². The van der Waals surface area contributed by atoms with Crippen LogP contribution in [0.1, 0.15) is 24.9 Å². The van der Waals surface area contributed by atoms with Crippen molar-refractivity contribution in [3.63, 3.8) is 0 Å². The van der Waals surface area contributed by atoms with Crippen LogP contribution in [0.2, 0.25) is 5.02 Å². The zero-order valence-electron chi connectivity index (χ0n) is 10.1. The number of nitrogens with one attached hydrogen (secondary N) is 1. The van der Waals surface area contributed by atoms with Crippen molar-refractivity contribution < 1.29 is 8.42 Å². The van der Waals surface area contributed by atoms with E-state index in [-0.39, 0.29) is 11.8 Å². The minimum absolute atomic E-state index is 0.149. The van der Waals surface area contributed by atoms with E-state index in [1.807, 2.05) is 24.3 Å². The van der Waals surface area contributed by atoms with Crippen LogP contribution in [-0.2, 0) is 9.84 Å². The lowest BCUT2D eigenvalue weighted by Gasteiger charge is -2.17. The third kappa shape index (κ3) is 5.52. The Morgan fingerprint density at radius 1 is 1.41 bits per heavy atom. The van der Waals surface area contributed by atoms with Crippen LogP contribution in [-0.4, -0.2) is 27.0 Å². The lowest BCUT2D eigenvalue weighted by Crippen LogP contribution is -2.26. The molecule has 0 radical (unpaired) electrons. The van der Waals surface area contributed by atoms with Gasteiger partial charge in [0.05, 0.1) is 5.75 Å². The Kier molecular flexibility index (Phi) is 5.43. The van der Waals surface area contributed by atoms with Gasteiger partial charge in [0.1, 0.15) is 9.84 Å². The lowest BCUT2D eigenvalue weighted by molar-refractivity contribution is 0.532. The van der Waals surface area contributed by atoms with E-state index in [0.717, 1.165) is 12.0 Å². The summed E-state index contributed by atoms with van der Waals surface area (Å²) in [5.41, 5.74) is 1.09. The standard InChI is InChI=1S/C12H18ClNO2S/c1-3-12(14-7-8-17(2,15)16)10-5-4-6-11(13)9-10/h4-6,9,12,14H,3,7-8H2,1-2H3. The summed E-state index contributed by atoms with van der Waals surface area (Å²) in [6.07, 6.45) is 2.14. The summed E-state index contributed by atoms with van der Waals surface area (Å²) in [5.74, 6) is 0.157. The van der Waals surface area contributed by atoms with Gasteiger partial charge in [0.15, 0.2) is 0 Å². The molecule has 1 aromatic rings. The highest BCUT2D eigenvalue weighted by atomic mass is 35.5. The predicted molar refractivity (Wildman–Crippen MR) is 72.2 cm³/mol. The van der Waals surface area contributed by atoms with Gasteiger partial charge in [-0.1, -0.05) is 30.7 Å². The van der Waals surface area contributed by atoms with Gasteiger partial charge in [-0.15, -0.1) is 0 Å². The van der Waals surface area contributed by atoms with Crippen LogP contribution in [0.3, 0.4) is 0 Å². The quantitative estimate of drug-likeness (QED) is 0.867. The van der Waals surface area contributed by atoms with E-state index in [4.69, 9.17) is 11.6 Å². The van der Waals surface area contributed by atoms with Crippen molar-refractivity contribution in [3.8, 4) is 0 Å². The highest BCUT2D eigenvalue weighted by Crippen LogP contribution is 2.19. The first kappa shape index (κ1) is 14.5. The molecule has 0 aliphatic rings. The van der Waals surface area contributed by atoms with Crippen molar-refractivity contribution in [2.24, 2.45) is 0 Å². The van der Waals surface area contributed by atoms with Crippen molar-refractivity contribution in [1.29, 1.82) is 0 Å². The molecular formula is C12H18ClNO2S. The summed E-state index contributed by atoms with van der Waals surface area (Å²) in [6.45, 7) is 2.52. The normalized spacial score (nSPS) is 13.6. The van der Waals surface area contributed by atoms with Crippen molar-refractivity contribution >= 4 is 21.4 Å². The van der Waals surface area contributed by atoms with E-state index in [2.05, 4.69) is 12.2 Å². The number of hydrogen-bond donors (Lipinski definition) is 1. The molecule has 0 aliphatic carbocycles. The van der Waals surface area contributed by atoms with Gasteiger partial charge in [-0.3, -0.25) is 0 Å². The molecule has 0 saturated heterocycles. The van der Waals surface area contributed by atoms with Crippen molar-refractivity contribution in [1.82, 2.24) is 5.32 Å². The van der Waals surface area contributed by atoms with Gasteiger partial charge >= 0.3 is 0 Å². The first-order chi connectivity index (χ1) is 7.92. The molecule has 1 rings (SSSR count). The average Bonchev–Trinajstić information content (AvgIpc) is 2.23. The van der Waals surface area contributed by atoms with Crippen LogP contribution in [0.25, 0.3) is 0 Å². The maximum absolute atomic E-state index is 11.0. The molecule has 3 nitrogen and oxygen atoms in total. The van der Waals surface area contributed by atoms with E-state index in [0.29, 0.717) is 11.6 Å². The fourth-order valence-electron chi connectivity index (χ4n) is 1.64. The van der Waals surface area contributed by atoms with E-state index in [1.54, 1.807) is 0 Å². The van der Waals surface area contributed by atoms with Crippen LogP contribution in [0.15, 0.2) is 24.3 Å². The van der Waals surface area contributed by atoms with Gasteiger partial charge in [0, 0.05) is 23.9 Å². The van der Waals surface area contributed by atoms with Crippen LogP contribution >= 0.6 is 11.6 Å². The minimum Gasteiger partial charge on any atom is -0.309 e. The molecule has 1 aromatic carbocycles. The molecule has 0 amide bonds. The summed E-state index contributed by atoms with van der Waals surface area (Å²) >= 11 is 5.93. The van der Waals surface area contributed by atoms with Gasteiger partial charge < -0.3 is 5.32 Å². The van der Waals surface area contributed by atoms with Crippen LogP contribution in [0.5, 0.6) is 0 Å². The molecule has 5 heteroatoms. The number of rotatable bonds is 6. The second-order valence-corrected chi connectivity index (χ2v) is 6.80. The average molecular weight is 276 g/mol. The molecule has 17 heavy (non-hydrogen) atoms. The summed E-state index contributed by atoms with van der Waals surface area (Å²) in [5, 5.41) is 3.93. The first-order valence-electron chi connectivity index (χ1n) is 5.59. The topological polar surface area (TPSA) is 46.2 Å². The zero-order chi connectivity index (χ0) is 12.9. The molecule has 96 valence electrons. The molecule has 1 unspecified atom stereocenters. The van der Waals surface area contributed by atoms with E-state index < -0.39 is 9.84 Å². The Labute approximate surface area is 108 Å². The van der Waals surface area contributed by atoms with Crippen LogP contribution < -0.4 is 5.32 Å². The molecule has 0 spiro atoms. The van der Waals surface area contributed by atoms with Gasteiger partial charge in [-0.25, -0.2) is 8.42 Å². The van der Waals surface area contributed by atoms with Crippen LogP contribution in [0.4, 0.5) is 0 Å². The van der Waals surface area contributed by atoms with E-state index >= 15 is 0 Å². The third-order valence-corrected chi connectivity index (χ3v) is 3.70. The predicted octanol–water partition coefficient (Wildman–Crippen LogP) is 2.43. The maximum atomic E-state index is 11.0. The van der Waals surface area contributed by atoms with E-state index in [9.17, 15) is 8.42 Å². The summed E-state index contributed by atoms with van der Waals surface area (Å²) in [6, 6.07) is 7.78. The number of benzene rings is 1. The lowest BCUT2D eigenvalue weighted by atomic mass is 10.0. The molecule has 1 atom stereocenters. The molecule has 0 aromatic heterocycles. The fourth-order valence-corrected chi connectivity index (χ4v) is 2.33. The number of halogens is 1. The first-order valence-corrected chi connectivity index (χ1v) is 8.03. The third-order valence-electron chi connectivity index (χ3n) is 2.52. The Morgan fingerprint density at radius 3 is 2.65 bits per heavy atom. The largest absolute Gasteiger partial charge is 0.309 e. The molecule has 0 aliphatic heterocycles. The smallest absolute Gasteiger partial charge is 0.148 e. The number of sulfone groups is 1. The summed E-state index contributed by atoms with van der Waals surface area (Å²) < 4.78 is 22.1. The molecular weight excluding hydrogens is 258 g/mol. The Balaban J connectivity index is 2.60. The Hall–Kier alpha value is -0.580. The van der Waals surface area contributed by atoms with Gasteiger partial charge in [-0.2, -0.15) is 0 Å². The minimum atomic E-state index is -2.91. The van der Waals surface area contributed by atoms with Crippen LogP contribution in [0, 0.1) is 0 Å². The SMILES string of the molecule is CCC(NCCS(C)(=O)=O)c1cccc(Cl)c1. The highest BCUT2D eigenvalue weighted by molar-refractivity contribution is 7.90. The monoisotopic (exact) mass is 275 g/mol. The second kappa shape index (κ2) is 6.38. The van der Waals surface area contributed by atoms with Gasteiger partial charge in [-0.05, 0) is 24.1 Å². The molecule has 0 bridgehead atoms. The van der Waals surface area contributed by atoms with Crippen molar-refractivity contribution in [3.05, 3.63) is 34.9 Å². The Morgan fingerprint density at radius 2 is 2.12 bits per heavy atom.